The predicted molar refractivity (Wildman–Crippen MR) is 68.6 cm³/mol. The van der Waals surface area contributed by atoms with E-state index < -0.39 is 0 Å². The normalized spacial score (nSPS) is 8.43. The summed E-state index contributed by atoms with van der Waals surface area (Å²) in [6.45, 7) is 12.2. The van der Waals surface area contributed by atoms with Gasteiger partial charge in [0.25, 0.3) is 0 Å². The molecule has 80 valence electrons. The number of rotatable bonds is 1. The minimum Gasteiger partial charge on any atom is -0.0871 e. The summed E-state index contributed by atoms with van der Waals surface area (Å²) in [5, 5.41) is 0. The van der Waals surface area contributed by atoms with Crippen molar-refractivity contribution in [2.45, 2.75) is 41.5 Å². The van der Waals surface area contributed by atoms with E-state index in [1.54, 1.807) is 0 Å². The highest BCUT2D eigenvalue weighted by molar-refractivity contribution is 5.52. The van der Waals surface area contributed by atoms with E-state index in [2.05, 4.69) is 43.3 Å². The van der Waals surface area contributed by atoms with Crippen molar-refractivity contribution in [3.05, 3.63) is 41.5 Å². The highest BCUT2D eigenvalue weighted by Crippen LogP contribution is 2.07. The zero-order valence-corrected chi connectivity index (χ0v) is 10.5. The minimum atomic E-state index is 1.31. The molecule has 0 nitrogen and oxygen atoms in total. The fraction of sp³-hybridized carbons (Fsp3) is 0.429. The van der Waals surface area contributed by atoms with Crippen LogP contribution in [0.25, 0.3) is 6.08 Å². The van der Waals surface area contributed by atoms with Gasteiger partial charge in [-0.15, -0.1) is 0 Å². The van der Waals surface area contributed by atoms with Crippen molar-refractivity contribution in [2.75, 3.05) is 0 Å². The third-order valence-electron chi connectivity index (χ3n) is 1.53. The zero-order valence-electron chi connectivity index (χ0n) is 10.5. The van der Waals surface area contributed by atoms with Crippen LogP contribution in [0.3, 0.4) is 0 Å². The summed E-state index contributed by atoms with van der Waals surface area (Å²) < 4.78 is 0. The minimum absolute atomic E-state index is 1.31. The number of aryl methyl sites for hydroxylation is 1. The Labute approximate surface area is 89.7 Å². The maximum absolute atomic E-state index is 2.12. The number of allylic oxidation sites excluding steroid dienone is 1. The lowest BCUT2D eigenvalue weighted by Gasteiger charge is -1.96. The van der Waals surface area contributed by atoms with E-state index in [9.17, 15) is 0 Å². The van der Waals surface area contributed by atoms with E-state index in [-0.39, 0.29) is 0 Å². The van der Waals surface area contributed by atoms with Gasteiger partial charge in [0.05, 0.1) is 0 Å². The molecular formula is C14H24. The first-order chi connectivity index (χ1) is 6.84. The van der Waals surface area contributed by atoms with Gasteiger partial charge in [-0.25, -0.2) is 0 Å². The Morgan fingerprint density at radius 2 is 1.43 bits per heavy atom. The molecule has 1 aromatic carbocycles. The Balaban J connectivity index is 0. The molecular weight excluding hydrogens is 168 g/mol. The lowest BCUT2D eigenvalue weighted by atomic mass is 10.1. The largest absolute Gasteiger partial charge is 0.0871 e. The second kappa shape index (κ2) is 12.0. The van der Waals surface area contributed by atoms with Gasteiger partial charge in [0.2, 0.25) is 0 Å². The first-order valence-electron chi connectivity index (χ1n) is 5.53. The average molecular weight is 192 g/mol. The summed E-state index contributed by atoms with van der Waals surface area (Å²) in [5.74, 6) is 0. The number of hydrogen-bond donors (Lipinski definition) is 0. The quantitative estimate of drug-likeness (QED) is 0.582. The molecule has 0 radical (unpaired) electrons. The van der Waals surface area contributed by atoms with Crippen LogP contribution in [0.2, 0.25) is 0 Å². The second-order valence-corrected chi connectivity index (χ2v) is 2.36. The van der Waals surface area contributed by atoms with Gasteiger partial charge >= 0.3 is 0 Å². The van der Waals surface area contributed by atoms with Crippen LogP contribution in [0.4, 0.5) is 0 Å². The molecule has 0 spiro atoms. The molecule has 0 N–H and O–H groups in total. The smallest absolute Gasteiger partial charge is 0.0231 e. The molecule has 0 fully saturated rings. The van der Waals surface area contributed by atoms with Gasteiger partial charge in [-0.3, -0.25) is 0 Å². The molecule has 0 amide bonds. The van der Waals surface area contributed by atoms with Crippen LogP contribution in [0.15, 0.2) is 30.3 Å². The molecule has 1 aromatic rings. The first kappa shape index (κ1) is 15.4. The summed E-state index contributed by atoms with van der Waals surface area (Å²) >= 11 is 0. The van der Waals surface area contributed by atoms with Gasteiger partial charge in [0.1, 0.15) is 0 Å². The van der Waals surface area contributed by atoms with Crippen molar-refractivity contribution in [3.8, 4) is 0 Å². The maximum Gasteiger partial charge on any atom is -0.0231 e. The molecule has 0 atom stereocenters. The molecule has 1 rings (SSSR count). The van der Waals surface area contributed by atoms with Gasteiger partial charge in [0.15, 0.2) is 0 Å². The Kier molecular flexibility index (Phi) is 13.2. The van der Waals surface area contributed by atoms with Crippen LogP contribution in [0.1, 0.15) is 45.7 Å². The van der Waals surface area contributed by atoms with Gasteiger partial charge < -0.3 is 0 Å². The summed E-state index contributed by atoms with van der Waals surface area (Å²) in [6, 6.07) is 8.36. The molecule has 0 heteroatoms. The van der Waals surface area contributed by atoms with Crippen LogP contribution in [0, 0.1) is 6.92 Å². The monoisotopic (exact) mass is 192 g/mol. The molecule has 14 heavy (non-hydrogen) atoms. The third-order valence-corrected chi connectivity index (χ3v) is 1.53. The molecule has 0 heterocycles. The van der Waals surface area contributed by atoms with Crippen molar-refractivity contribution >= 4 is 6.08 Å². The highest BCUT2D eigenvalue weighted by Gasteiger charge is 1.87. The van der Waals surface area contributed by atoms with Crippen molar-refractivity contribution < 1.29 is 0 Å². The fourth-order valence-electron chi connectivity index (χ4n) is 0.953. The van der Waals surface area contributed by atoms with Gasteiger partial charge in [-0.1, -0.05) is 64.1 Å². The maximum atomic E-state index is 2.12. The van der Waals surface area contributed by atoms with E-state index in [0.29, 0.717) is 0 Å². The summed E-state index contributed by atoms with van der Waals surface area (Å²) in [5.41, 5.74) is 2.64. The molecule has 0 saturated heterocycles. The standard InChI is InChI=1S/C10H12.2C2H6/c1-3-6-10-8-5-4-7-9(10)2;2*1-2/h3-8H,1-2H3;2*1-2H3/b6-3-;;. The lowest BCUT2D eigenvalue weighted by Crippen LogP contribution is -1.76. The lowest BCUT2D eigenvalue weighted by molar-refractivity contribution is 1.44. The fourth-order valence-corrected chi connectivity index (χ4v) is 0.953. The van der Waals surface area contributed by atoms with Gasteiger partial charge in [-0.2, -0.15) is 0 Å². The molecule has 0 bridgehead atoms. The van der Waals surface area contributed by atoms with E-state index in [0.717, 1.165) is 0 Å². The summed E-state index contributed by atoms with van der Waals surface area (Å²) in [7, 11) is 0. The van der Waals surface area contributed by atoms with Crippen molar-refractivity contribution in [2.24, 2.45) is 0 Å². The molecule has 0 unspecified atom stereocenters. The topological polar surface area (TPSA) is 0 Å². The third kappa shape index (κ3) is 6.47. The molecule has 0 aliphatic carbocycles. The summed E-state index contributed by atoms with van der Waals surface area (Å²) in [4.78, 5) is 0. The van der Waals surface area contributed by atoms with E-state index in [1.165, 1.54) is 11.1 Å². The number of hydrogen-bond acceptors (Lipinski definition) is 0. The van der Waals surface area contributed by atoms with Crippen molar-refractivity contribution in [3.63, 3.8) is 0 Å². The van der Waals surface area contributed by atoms with E-state index in [1.807, 2.05) is 34.6 Å². The first-order valence-corrected chi connectivity index (χ1v) is 5.53. The van der Waals surface area contributed by atoms with E-state index >= 15 is 0 Å². The summed E-state index contributed by atoms with van der Waals surface area (Å²) in [6.07, 6.45) is 4.18. The van der Waals surface area contributed by atoms with Gasteiger partial charge in [-0.05, 0) is 25.0 Å². The van der Waals surface area contributed by atoms with Crippen LogP contribution < -0.4 is 0 Å². The van der Waals surface area contributed by atoms with Crippen LogP contribution in [-0.4, -0.2) is 0 Å². The second-order valence-electron chi connectivity index (χ2n) is 2.36. The Bertz CT molecular complexity index is 234. The Hall–Kier alpha value is -1.04. The molecule has 0 aromatic heterocycles. The Morgan fingerprint density at radius 1 is 0.929 bits per heavy atom. The van der Waals surface area contributed by atoms with Crippen LogP contribution in [-0.2, 0) is 0 Å². The highest BCUT2D eigenvalue weighted by atomic mass is 13.9. The SMILES string of the molecule is C/C=C\c1ccccc1C.CC.CC. The van der Waals surface area contributed by atoms with Gasteiger partial charge in [0, 0.05) is 0 Å². The van der Waals surface area contributed by atoms with E-state index in [4.69, 9.17) is 0 Å². The average Bonchev–Trinajstić information content (AvgIpc) is 2.28. The van der Waals surface area contributed by atoms with Crippen LogP contribution >= 0.6 is 0 Å². The Morgan fingerprint density at radius 3 is 1.86 bits per heavy atom. The predicted octanol–water partition coefficient (Wildman–Crippen LogP) is 5.08. The van der Waals surface area contributed by atoms with Crippen LogP contribution in [0.5, 0.6) is 0 Å². The number of benzene rings is 1. The molecule has 0 aliphatic heterocycles. The van der Waals surface area contributed by atoms with Crippen molar-refractivity contribution in [1.29, 1.82) is 0 Å². The molecule has 0 saturated carbocycles. The molecule has 0 aliphatic rings. The van der Waals surface area contributed by atoms with Crippen molar-refractivity contribution in [1.82, 2.24) is 0 Å². The zero-order chi connectivity index (χ0) is 11.4.